The van der Waals surface area contributed by atoms with E-state index in [4.69, 9.17) is 10.5 Å². The number of aromatic nitrogens is 2. The lowest BCUT2D eigenvalue weighted by Crippen LogP contribution is -1.97. The van der Waals surface area contributed by atoms with Crippen LogP contribution in [0.15, 0.2) is 18.2 Å². The van der Waals surface area contributed by atoms with Gasteiger partial charge in [-0.1, -0.05) is 13.8 Å². The zero-order chi connectivity index (χ0) is 13.3. The summed E-state index contributed by atoms with van der Waals surface area (Å²) >= 11 is 0. The summed E-state index contributed by atoms with van der Waals surface area (Å²) in [5.41, 5.74) is 7.74. The standard InChI is InChI=1S/C13H16FN3O/c1-7(2)8-4-9(11-6-12(15)17-16-11)13(18-3)10(14)5-8/h4-7H,1-3H3,(H3,15,16,17). The zero-order valence-electron chi connectivity index (χ0n) is 10.6. The highest BCUT2D eigenvalue weighted by atomic mass is 19.1. The van der Waals surface area contributed by atoms with Crippen LogP contribution in [0.3, 0.4) is 0 Å². The summed E-state index contributed by atoms with van der Waals surface area (Å²) in [5.74, 6) is 0.404. The van der Waals surface area contributed by atoms with Crippen molar-refractivity contribution >= 4 is 5.82 Å². The quantitative estimate of drug-likeness (QED) is 0.879. The van der Waals surface area contributed by atoms with Gasteiger partial charge in [-0.2, -0.15) is 5.10 Å². The molecule has 1 aromatic carbocycles. The Labute approximate surface area is 105 Å². The fraction of sp³-hybridized carbons (Fsp3) is 0.308. The number of nitrogens with zero attached hydrogens (tertiary/aromatic N) is 1. The highest BCUT2D eigenvalue weighted by Gasteiger charge is 2.16. The van der Waals surface area contributed by atoms with Crippen molar-refractivity contribution in [1.29, 1.82) is 0 Å². The van der Waals surface area contributed by atoms with E-state index in [1.165, 1.54) is 13.2 Å². The first kappa shape index (κ1) is 12.4. The first-order valence-electron chi connectivity index (χ1n) is 5.71. The lowest BCUT2D eigenvalue weighted by molar-refractivity contribution is 0.387. The number of benzene rings is 1. The van der Waals surface area contributed by atoms with Gasteiger partial charge in [0, 0.05) is 11.6 Å². The minimum Gasteiger partial charge on any atom is -0.493 e. The van der Waals surface area contributed by atoms with Crippen LogP contribution in [-0.2, 0) is 0 Å². The predicted octanol–water partition coefficient (Wildman–Crippen LogP) is 2.93. The van der Waals surface area contributed by atoms with E-state index >= 15 is 0 Å². The van der Waals surface area contributed by atoms with Crippen LogP contribution in [0.2, 0.25) is 0 Å². The fourth-order valence-corrected chi connectivity index (χ4v) is 1.83. The Morgan fingerprint density at radius 3 is 2.56 bits per heavy atom. The Hall–Kier alpha value is -2.04. The van der Waals surface area contributed by atoms with Gasteiger partial charge < -0.3 is 10.5 Å². The van der Waals surface area contributed by atoms with Gasteiger partial charge in [0.05, 0.1) is 12.8 Å². The molecule has 0 aliphatic rings. The van der Waals surface area contributed by atoms with E-state index in [1.807, 2.05) is 19.9 Å². The summed E-state index contributed by atoms with van der Waals surface area (Å²) in [4.78, 5) is 0. The molecule has 0 atom stereocenters. The third-order valence-corrected chi connectivity index (χ3v) is 2.82. The van der Waals surface area contributed by atoms with Gasteiger partial charge in [-0.15, -0.1) is 0 Å². The van der Waals surface area contributed by atoms with Crippen LogP contribution in [0.1, 0.15) is 25.3 Å². The van der Waals surface area contributed by atoms with Gasteiger partial charge in [-0.3, -0.25) is 5.10 Å². The molecule has 2 aromatic rings. The van der Waals surface area contributed by atoms with Gasteiger partial charge in [-0.25, -0.2) is 4.39 Å². The lowest BCUT2D eigenvalue weighted by atomic mass is 9.98. The molecule has 0 aliphatic heterocycles. The van der Waals surface area contributed by atoms with Gasteiger partial charge in [0.2, 0.25) is 0 Å². The third-order valence-electron chi connectivity index (χ3n) is 2.82. The molecule has 0 spiro atoms. The maximum atomic E-state index is 14.0. The molecule has 0 aliphatic carbocycles. The van der Waals surface area contributed by atoms with Crippen LogP contribution in [0.5, 0.6) is 5.75 Å². The molecular formula is C13H16FN3O. The molecule has 5 heteroatoms. The minimum absolute atomic E-state index is 0.197. The number of hydrogen-bond donors (Lipinski definition) is 2. The number of methoxy groups -OCH3 is 1. The molecular weight excluding hydrogens is 233 g/mol. The molecule has 4 nitrogen and oxygen atoms in total. The van der Waals surface area contributed by atoms with Gasteiger partial charge in [0.1, 0.15) is 5.82 Å². The maximum absolute atomic E-state index is 14.0. The molecule has 18 heavy (non-hydrogen) atoms. The minimum atomic E-state index is -0.383. The van der Waals surface area contributed by atoms with E-state index < -0.39 is 0 Å². The van der Waals surface area contributed by atoms with Crippen molar-refractivity contribution in [3.8, 4) is 17.0 Å². The Morgan fingerprint density at radius 1 is 1.33 bits per heavy atom. The Morgan fingerprint density at radius 2 is 2.06 bits per heavy atom. The molecule has 0 radical (unpaired) electrons. The molecule has 96 valence electrons. The van der Waals surface area contributed by atoms with Crippen molar-refractivity contribution in [3.05, 3.63) is 29.6 Å². The smallest absolute Gasteiger partial charge is 0.166 e. The number of hydrogen-bond acceptors (Lipinski definition) is 3. The molecule has 0 amide bonds. The van der Waals surface area contributed by atoms with Crippen LogP contribution < -0.4 is 10.5 Å². The van der Waals surface area contributed by atoms with Crippen LogP contribution in [0.4, 0.5) is 10.2 Å². The number of halogens is 1. The number of nitrogens with one attached hydrogen (secondary N) is 1. The maximum Gasteiger partial charge on any atom is 0.166 e. The van der Waals surface area contributed by atoms with E-state index in [1.54, 1.807) is 6.07 Å². The fourth-order valence-electron chi connectivity index (χ4n) is 1.83. The van der Waals surface area contributed by atoms with Crippen molar-refractivity contribution in [2.24, 2.45) is 0 Å². The zero-order valence-corrected chi connectivity index (χ0v) is 10.6. The van der Waals surface area contributed by atoms with Crippen LogP contribution in [0.25, 0.3) is 11.3 Å². The van der Waals surface area contributed by atoms with Crippen LogP contribution >= 0.6 is 0 Å². The van der Waals surface area contributed by atoms with Crippen molar-refractivity contribution in [2.45, 2.75) is 19.8 Å². The molecule has 0 saturated carbocycles. The van der Waals surface area contributed by atoms with Crippen molar-refractivity contribution < 1.29 is 9.13 Å². The number of ether oxygens (including phenoxy) is 1. The monoisotopic (exact) mass is 249 g/mol. The van der Waals surface area contributed by atoms with Crippen molar-refractivity contribution in [2.75, 3.05) is 12.8 Å². The van der Waals surface area contributed by atoms with Crippen LogP contribution in [-0.4, -0.2) is 17.3 Å². The number of rotatable bonds is 3. The Bertz CT molecular complexity index is 563. The van der Waals surface area contributed by atoms with E-state index in [0.29, 0.717) is 17.1 Å². The number of H-pyrrole nitrogens is 1. The van der Waals surface area contributed by atoms with Gasteiger partial charge >= 0.3 is 0 Å². The highest BCUT2D eigenvalue weighted by Crippen LogP contribution is 2.34. The number of nitrogens with two attached hydrogens (primary N) is 1. The van der Waals surface area contributed by atoms with Crippen molar-refractivity contribution in [3.63, 3.8) is 0 Å². The lowest BCUT2D eigenvalue weighted by Gasteiger charge is -2.12. The second-order valence-electron chi connectivity index (χ2n) is 4.44. The highest BCUT2D eigenvalue weighted by molar-refractivity contribution is 5.70. The summed E-state index contributed by atoms with van der Waals surface area (Å²) in [5, 5.41) is 6.62. The van der Waals surface area contributed by atoms with E-state index in [-0.39, 0.29) is 17.5 Å². The van der Waals surface area contributed by atoms with E-state index in [2.05, 4.69) is 10.2 Å². The Balaban J connectivity index is 2.63. The molecule has 1 heterocycles. The summed E-state index contributed by atoms with van der Waals surface area (Å²) in [7, 11) is 1.44. The number of aromatic amines is 1. The molecule has 0 saturated heterocycles. The van der Waals surface area contributed by atoms with Gasteiger partial charge in [0.15, 0.2) is 11.6 Å². The summed E-state index contributed by atoms with van der Waals surface area (Å²) in [6, 6.07) is 5.04. The van der Waals surface area contributed by atoms with Crippen molar-refractivity contribution in [1.82, 2.24) is 10.2 Å². The first-order chi connectivity index (χ1) is 8.52. The topological polar surface area (TPSA) is 63.9 Å². The molecule has 0 fully saturated rings. The predicted molar refractivity (Wildman–Crippen MR) is 69.0 cm³/mol. The second kappa shape index (κ2) is 4.68. The Kier molecular flexibility index (Phi) is 3.23. The average molecular weight is 249 g/mol. The van der Waals surface area contributed by atoms with E-state index in [9.17, 15) is 4.39 Å². The normalized spacial score (nSPS) is 10.9. The third kappa shape index (κ3) is 2.16. The summed E-state index contributed by atoms with van der Waals surface area (Å²) in [6.07, 6.45) is 0. The number of nitrogen functional groups attached to an aromatic ring is 1. The second-order valence-corrected chi connectivity index (χ2v) is 4.44. The van der Waals surface area contributed by atoms with E-state index in [0.717, 1.165) is 5.56 Å². The molecule has 3 N–H and O–H groups in total. The van der Waals surface area contributed by atoms with Gasteiger partial charge in [-0.05, 0) is 23.6 Å². The van der Waals surface area contributed by atoms with Crippen LogP contribution in [0, 0.1) is 5.82 Å². The first-order valence-corrected chi connectivity index (χ1v) is 5.71. The molecule has 0 bridgehead atoms. The largest absolute Gasteiger partial charge is 0.493 e. The summed E-state index contributed by atoms with van der Waals surface area (Å²) in [6.45, 7) is 4.01. The SMILES string of the molecule is COc1c(F)cc(C(C)C)cc1-c1cc(N)n[nH]1. The average Bonchev–Trinajstić information content (AvgIpc) is 2.74. The molecule has 0 unspecified atom stereocenters. The number of anilines is 1. The molecule has 1 aromatic heterocycles. The molecule has 2 rings (SSSR count). The van der Waals surface area contributed by atoms with Gasteiger partial charge in [0.25, 0.3) is 0 Å². The summed E-state index contributed by atoms with van der Waals surface area (Å²) < 4.78 is 19.1.